The number of amides is 1. The van der Waals surface area contributed by atoms with Crippen molar-refractivity contribution in [1.29, 1.82) is 0 Å². The van der Waals surface area contributed by atoms with Crippen LogP contribution in [0.5, 0.6) is 5.75 Å². The second-order valence-electron chi connectivity index (χ2n) is 9.49. The Morgan fingerprint density at radius 1 is 0.927 bits per heavy atom. The van der Waals surface area contributed by atoms with Gasteiger partial charge in [0.1, 0.15) is 5.75 Å². The maximum absolute atomic E-state index is 12.8. The van der Waals surface area contributed by atoms with Crippen LogP contribution in [0.3, 0.4) is 0 Å². The third-order valence-corrected chi connectivity index (χ3v) is 6.42. The number of aromatic nitrogens is 1. The van der Waals surface area contributed by atoms with E-state index in [1.54, 1.807) is 19.5 Å². The van der Waals surface area contributed by atoms with E-state index in [0.717, 1.165) is 44.9 Å². The lowest BCUT2D eigenvalue weighted by atomic mass is 9.79. The lowest BCUT2D eigenvalue weighted by Crippen LogP contribution is -2.47. The number of pyridine rings is 1. The number of carboxylic acids is 2. The van der Waals surface area contributed by atoms with Crippen molar-refractivity contribution < 1.29 is 55.7 Å². The molecule has 4 rings (SSSR count). The fourth-order valence-corrected chi connectivity index (χ4v) is 4.54. The molecule has 1 atom stereocenters. The van der Waals surface area contributed by atoms with Crippen LogP contribution < -0.4 is 4.74 Å². The average molecular weight is 594 g/mol. The third-order valence-electron chi connectivity index (χ3n) is 6.42. The second kappa shape index (κ2) is 14.1. The number of aliphatic carboxylic acids is 2. The number of nitrogens with zero attached hydrogens (tertiary/aromatic N) is 3. The predicted molar refractivity (Wildman–Crippen MR) is 132 cm³/mol. The Morgan fingerprint density at radius 2 is 1.51 bits per heavy atom. The first-order valence-electron chi connectivity index (χ1n) is 12.2. The maximum atomic E-state index is 12.8. The summed E-state index contributed by atoms with van der Waals surface area (Å²) in [6, 6.07) is 12.0. The zero-order chi connectivity index (χ0) is 30.8. The van der Waals surface area contributed by atoms with Crippen LogP contribution in [0.1, 0.15) is 35.2 Å². The van der Waals surface area contributed by atoms with Crippen molar-refractivity contribution >= 4 is 17.8 Å². The number of hydrogen-bond donors (Lipinski definition) is 2. The van der Waals surface area contributed by atoms with Gasteiger partial charge < -0.3 is 19.8 Å². The highest BCUT2D eigenvalue weighted by Gasteiger charge is 2.42. The van der Waals surface area contributed by atoms with Gasteiger partial charge in [-0.2, -0.15) is 26.3 Å². The molecule has 41 heavy (non-hydrogen) atoms. The molecule has 1 aromatic carbocycles. The Labute approximate surface area is 231 Å². The molecule has 2 aliphatic rings. The Hall–Kier alpha value is -3.88. The number of carboxylic acid groups (broad SMARTS) is 2. The van der Waals surface area contributed by atoms with Crippen molar-refractivity contribution in [2.45, 2.75) is 38.2 Å². The number of carbonyl (C=O) groups excluding carboxylic acids is 1. The summed E-state index contributed by atoms with van der Waals surface area (Å²) < 4.78 is 68.7. The quantitative estimate of drug-likeness (QED) is 0.498. The molecule has 2 aliphatic heterocycles. The van der Waals surface area contributed by atoms with E-state index < -0.39 is 24.3 Å². The monoisotopic (exact) mass is 593 g/mol. The summed E-state index contributed by atoms with van der Waals surface area (Å²) in [4.78, 5) is 39.3. The number of hydrogen-bond acceptors (Lipinski definition) is 6. The van der Waals surface area contributed by atoms with E-state index in [0.29, 0.717) is 5.56 Å². The number of likely N-dealkylation sites (tertiary alicyclic amines) is 2. The molecule has 1 unspecified atom stereocenters. The summed E-state index contributed by atoms with van der Waals surface area (Å²) in [6.07, 6.45) is -3.32. The molecule has 15 heteroatoms. The number of benzene rings is 1. The molecule has 3 heterocycles. The summed E-state index contributed by atoms with van der Waals surface area (Å²) in [6.45, 7) is 4.84. The zero-order valence-corrected chi connectivity index (χ0v) is 21.9. The van der Waals surface area contributed by atoms with Gasteiger partial charge in [-0.1, -0.05) is 12.1 Å². The fourth-order valence-electron chi connectivity index (χ4n) is 4.54. The number of methoxy groups -OCH3 is 1. The number of rotatable bonds is 4. The van der Waals surface area contributed by atoms with Crippen molar-refractivity contribution in [2.75, 3.05) is 33.3 Å². The van der Waals surface area contributed by atoms with Crippen molar-refractivity contribution in [3.05, 3.63) is 59.9 Å². The standard InChI is InChI=1S/C22H27N3O2.2C2HF3O2/c1-27-20-7-5-18(6-8-20)15-24-13-10-22(16-24)9-3-12-25(17-22)21(26)19-4-2-11-23-14-19;2*3-2(4,5)1(6)7/h2,4-8,11,14H,3,9-10,12-13,15-17H2,1H3;2*(H,6,7). The van der Waals surface area contributed by atoms with Crippen LogP contribution >= 0.6 is 0 Å². The van der Waals surface area contributed by atoms with Gasteiger partial charge in [0.15, 0.2) is 0 Å². The Balaban J connectivity index is 0.000000349. The molecule has 1 aromatic heterocycles. The Morgan fingerprint density at radius 3 is 2.00 bits per heavy atom. The maximum Gasteiger partial charge on any atom is 0.490 e. The van der Waals surface area contributed by atoms with Gasteiger partial charge in [0.05, 0.1) is 12.7 Å². The van der Waals surface area contributed by atoms with Crippen molar-refractivity contribution in [1.82, 2.24) is 14.8 Å². The van der Waals surface area contributed by atoms with Gasteiger partial charge in [0.25, 0.3) is 5.91 Å². The lowest BCUT2D eigenvalue weighted by molar-refractivity contribution is -0.193. The average Bonchev–Trinajstić information content (AvgIpc) is 3.29. The molecule has 2 fully saturated rings. The summed E-state index contributed by atoms with van der Waals surface area (Å²) in [5.74, 6) is -4.50. The zero-order valence-electron chi connectivity index (χ0n) is 21.9. The number of carbonyl (C=O) groups is 3. The summed E-state index contributed by atoms with van der Waals surface area (Å²) in [5, 5.41) is 14.2. The molecule has 0 bridgehead atoms. The highest BCUT2D eigenvalue weighted by Crippen LogP contribution is 2.39. The van der Waals surface area contributed by atoms with E-state index >= 15 is 0 Å². The Bertz CT molecular complexity index is 1140. The van der Waals surface area contributed by atoms with Crippen LogP contribution in [0.2, 0.25) is 0 Å². The van der Waals surface area contributed by atoms with E-state index in [1.165, 1.54) is 18.4 Å². The van der Waals surface area contributed by atoms with Gasteiger partial charge in [0, 0.05) is 44.0 Å². The molecule has 2 N–H and O–H groups in total. The minimum Gasteiger partial charge on any atom is -0.497 e. The van der Waals surface area contributed by atoms with E-state index in [9.17, 15) is 31.1 Å². The van der Waals surface area contributed by atoms with Gasteiger partial charge >= 0.3 is 24.3 Å². The normalized spacial score (nSPS) is 19.0. The SMILES string of the molecule is COc1ccc(CN2CCC3(CCCN(C(=O)c4cccnc4)C3)C2)cc1.O=C(O)C(F)(F)F.O=C(O)C(F)(F)F. The number of halogens is 6. The molecule has 2 saturated heterocycles. The molecule has 9 nitrogen and oxygen atoms in total. The first-order chi connectivity index (χ1) is 19.1. The predicted octanol–water partition coefficient (Wildman–Crippen LogP) is 4.49. The molecule has 0 saturated carbocycles. The van der Waals surface area contributed by atoms with Gasteiger partial charge in [-0.05, 0) is 55.6 Å². The summed E-state index contributed by atoms with van der Waals surface area (Å²) >= 11 is 0. The van der Waals surface area contributed by atoms with Crippen LogP contribution in [-0.4, -0.2) is 88.5 Å². The molecular formula is C26H29F6N3O6. The minimum atomic E-state index is -5.08. The van der Waals surface area contributed by atoms with Crippen molar-refractivity contribution in [3.63, 3.8) is 0 Å². The molecule has 1 amide bonds. The molecular weight excluding hydrogens is 564 g/mol. The smallest absolute Gasteiger partial charge is 0.490 e. The largest absolute Gasteiger partial charge is 0.497 e. The molecule has 1 spiro atoms. The highest BCUT2D eigenvalue weighted by molar-refractivity contribution is 5.94. The topological polar surface area (TPSA) is 120 Å². The molecule has 2 aromatic rings. The van der Waals surface area contributed by atoms with Crippen LogP contribution in [0, 0.1) is 5.41 Å². The molecule has 0 radical (unpaired) electrons. The first kappa shape index (κ1) is 33.3. The van der Waals surface area contributed by atoms with Gasteiger partial charge in [-0.15, -0.1) is 0 Å². The number of piperidine rings is 1. The van der Waals surface area contributed by atoms with Crippen LogP contribution in [0.15, 0.2) is 48.8 Å². The molecule has 0 aliphatic carbocycles. The number of ether oxygens (including phenoxy) is 1. The first-order valence-corrected chi connectivity index (χ1v) is 12.2. The van der Waals surface area contributed by atoms with Gasteiger partial charge in [-0.3, -0.25) is 14.7 Å². The van der Waals surface area contributed by atoms with Crippen molar-refractivity contribution in [3.8, 4) is 5.75 Å². The minimum absolute atomic E-state index is 0.121. The van der Waals surface area contributed by atoms with Gasteiger partial charge in [0.2, 0.25) is 0 Å². The second-order valence-corrected chi connectivity index (χ2v) is 9.49. The highest BCUT2D eigenvalue weighted by atomic mass is 19.4. The Kier molecular flexibility index (Phi) is 11.5. The van der Waals surface area contributed by atoms with E-state index in [4.69, 9.17) is 24.5 Å². The van der Waals surface area contributed by atoms with Crippen molar-refractivity contribution in [2.24, 2.45) is 5.41 Å². The lowest BCUT2D eigenvalue weighted by Gasteiger charge is -2.40. The summed E-state index contributed by atoms with van der Waals surface area (Å²) in [7, 11) is 1.70. The van der Waals surface area contributed by atoms with Crippen LogP contribution in [0.4, 0.5) is 26.3 Å². The molecule has 226 valence electrons. The number of alkyl halides is 6. The third kappa shape index (κ3) is 10.6. The van der Waals surface area contributed by atoms with E-state index in [1.807, 2.05) is 29.2 Å². The van der Waals surface area contributed by atoms with Crippen LogP contribution in [-0.2, 0) is 16.1 Å². The summed E-state index contributed by atoms with van der Waals surface area (Å²) in [5.41, 5.74) is 2.25. The fraction of sp³-hybridized carbons (Fsp3) is 0.462. The van der Waals surface area contributed by atoms with Gasteiger partial charge in [-0.25, -0.2) is 9.59 Å². The van der Waals surface area contributed by atoms with E-state index in [-0.39, 0.29) is 11.3 Å². The van der Waals surface area contributed by atoms with Crippen LogP contribution in [0.25, 0.3) is 0 Å². The van der Waals surface area contributed by atoms with E-state index in [2.05, 4.69) is 22.0 Å².